The summed E-state index contributed by atoms with van der Waals surface area (Å²) in [6.07, 6.45) is 0.934. The molecule has 11 heavy (non-hydrogen) atoms. The Morgan fingerprint density at radius 2 is 2.09 bits per heavy atom. The molecule has 0 aliphatic heterocycles. The molecule has 0 unspecified atom stereocenters. The first-order valence-corrected chi connectivity index (χ1v) is 3.52. The van der Waals surface area contributed by atoms with E-state index in [1.54, 1.807) is 6.92 Å². The summed E-state index contributed by atoms with van der Waals surface area (Å²) >= 11 is 0. The van der Waals surface area contributed by atoms with Crippen molar-refractivity contribution in [2.75, 3.05) is 0 Å². The predicted molar refractivity (Wildman–Crippen MR) is 39.8 cm³/mol. The fraction of sp³-hybridized carbons (Fsp3) is 0.714. The lowest BCUT2D eigenvalue weighted by Crippen LogP contribution is -2.13. The molecular weight excluding hydrogens is 146 g/mol. The largest absolute Gasteiger partial charge is 0.481 e. The van der Waals surface area contributed by atoms with Crippen molar-refractivity contribution in [2.24, 2.45) is 11.7 Å². The Hall–Kier alpha value is -1.06. The SMILES string of the molecule is C[C@@H](CCC(N)=O)CC(=O)O. The van der Waals surface area contributed by atoms with Crippen LogP contribution in [0.3, 0.4) is 0 Å². The number of nitrogens with two attached hydrogens (primary N) is 1. The summed E-state index contributed by atoms with van der Waals surface area (Å²) in [4.78, 5) is 20.4. The highest BCUT2D eigenvalue weighted by molar-refractivity contribution is 5.73. The quantitative estimate of drug-likeness (QED) is 0.607. The highest BCUT2D eigenvalue weighted by Gasteiger charge is 2.08. The van der Waals surface area contributed by atoms with Gasteiger partial charge in [0.1, 0.15) is 0 Å². The van der Waals surface area contributed by atoms with Crippen LogP contribution in [-0.2, 0) is 9.59 Å². The van der Waals surface area contributed by atoms with Crippen LogP contribution >= 0.6 is 0 Å². The molecule has 0 aromatic carbocycles. The number of carbonyl (C=O) groups is 2. The highest BCUT2D eigenvalue weighted by Crippen LogP contribution is 2.08. The van der Waals surface area contributed by atoms with E-state index in [0.29, 0.717) is 6.42 Å². The van der Waals surface area contributed by atoms with E-state index >= 15 is 0 Å². The van der Waals surface area contributed by atoms with Crippen molar-refractivity contribution in [1.29, 1.82) is 0 Å². The van der Waals surface area contributed by atoms with E-state index in [4.69, 9.17) is 10.8 Å². The molecule has 64 valence electrons. The standard InChI is InChI=1S/C7H13NO3/c1-5(4-7(10)11)2-3-6(8)9/h5H,2-4H2,1H3,(H2,8,9)(H,10,11)/t5-/m0/s1. The second-order valence-corrected chi connectivity index (χ2v) is 2.71. The van der Waals surface area contributed by atoms with Gasteiger partial charge in [0.2, 0.25) is 5.91 Å². The molecule has 1 atom stereocenters. The third-order valence-corrected chi connectivity index (χ3v) is 1.41. The minimum Gasteiger partial charge on any atom is -0.481 e. The number of carboxylic acid groups (broad SMARTS) is 1. The van der Waals surface area contributed by atoms with Crippen molar-refractivity contribution in [3.8, 4) is 0 Å². The summed E-state index contributed by atoms with van der Waals surface area (Å²) in [6.45, 7) is 1.79. The van der Waals surface area contributed by atoms with E-state index in [-0.39, 0.29) is 24.7 Å². The molecule has 3 N–H and O–H groups in total. The van der Waals surface area contributed by atoms with Crippen molar-refractivity contribution >= 4 is 11.9 Å². The van der Waals surface area contributed by atoms with Crippen molar-refractivity contribution in [1.82, 2.24) is 0 Å². The van der Waals surface area contributed by atoms with Crippen LogP contribution in [-0.4, -0.2) is 17.0 Å². The van der Waals surface area contributed by atoms with Crippen LogP contribution in [0.25, 0.3) is 0 Å². The van der Waals surface area contributed by atoms with Gasteiger partial charge in [-0.25, -0.2) is 0 Å². The van der Waals surface area contributed by atoms with Crippen molar-refractivity contribution in [3.63, 3.8) is 0 Å². The van der Waals surface area contributed by atoms with E-state index in [2.05, 4.69) is 0 Å². The molecule has 4 heteroatoms. The van der Waals surface area contributed by atoms with Gasteiger partial charge in [0.25, 0.3) is 0 Å². The summed E-state index contributed by atoms with van der Waals surface area (Å²) < 4.78 is 0. The molecule has 0 aromatic rings. The van der Waals surface area contributed by atoms with Gasteiger partial charge in [-0.15, -0.1) is 0 Å². The van der Waals surface area contributed by atoms with Crippen LogP contribution in [0, 0.1) is 5.92 Å². The normalized spacial score (nSPS) is 12.5. The van der Waals surface area contributed by atoms with Gasteiger partial charge >= 0.3 is 5.97 Å². The van der Waals surface area contributed by atoms with E-state index in [1.165, 1.54) is 0 Å². The van der Waals surface area contributed by atoms with Gasteiger partial charge in [-0.1, -0.05) is 6.92 Å². The maximum absolute atomic E-state index is 10.3. The number of carbonyl (C=O) groups excluding carboxylic acids is 1. The lowest BCUT2D eigenvalue weighted by atomic mass is 10.0. The summed E-state index contributed by atoms with van der Waals surface area (Å²) in [5, 5.41) is 8.33. The summed E-state index contributed by atoms with van der Waals surface area (Å²) in [6, 6.07) is 0. The molecule has 0 bridgehead atoms. The number of hydrogen-bond donors (Lipinski definition) is 2. The molecular formula is C7H13NO3. The Morgan fingerprint density at radius 3 is 2.45 bits per heavy atom. The van der Waals surface area contributed by atoms with Gasteiger partial charge in [-0.2, -0.15) is 0 Å². The van der Waals surface area contributed by atoms with Gasteiger partial charge < -0.3 is 10.8 Å². The monoisotopic (exact) mass is 159 g/mol. The van der Waals surface area contributed by atoms with Gasteiger partial charge in [0, 0.05) is 12.8 Å². The third kappa shape index (κ3) is 6.83. The van der Waals surface area contributed by atoms with E-state index in [1.807, 2.05) is 0 Å². The Bertz CT molecular complexity index is 156. The van der Waals surface area contributed by atoms with Crippen LogP contribution in [0.2, 0.25) is 0 Å². The van der Waals surface area contributed by atoms with Crippen molar-refractivity contribution < 1.29 is 14.7 Å². The Balaban J connectivity index is 3.44. The van der Waals surface area contributed by atoms with Crippen LogP contribution < -0.4 is 5.73 Å². The molecule has 0 saturated heterocycles. The summed E-state index contributed by atoms with van der Waals surface area (Å²) in [5.41, 5.74) is 4.89. The van der Waals surface area contributed by atoms with Gasteiger partial charge in [-0.3, -0.25) is 9.59 Å². The molecule has 0 spiro atoms. The zero-order valence-electron chi connectivity index (χ0n) is 6.54. The second kappa shape index (κ2) is 4.71. The second-order valence-electron chi connectivity index (χ2n) is 2.71. The van der Waals surface area contributed by atoms with Crippen molar-refractivity contribution in [3.05, 3.63) is 0 Å². The first-order chi connectivity index (χ1) is 5.02. The molecule has 0 radical (unpaired) electrons. The molecule has 0 saturated carbocycles. The molecule has 0 fully saturated rings. The Kier molecular flexibility index (Phi) is 4.26. The zero-order chi connectivity index (χ0) is 8.85. The minimum absolute atomic E-state index is 0.0278. The van der Waals surface area contributed by atoms with Crippen LogP contribution in [0.5, 0.6) is 0 Å². The topological polar surface area (TPSA) is 80.4 Å². The van der Waals surface area contributed by atoms with E-state index in [9.17, 15) is 9.59 Å². The van der Waals surface area contributed by atoms with E-state index in [0.717, 1.165) is 0 Å². The number of rotatable bonds is 5. The Labute approximate surface area is 65.4 Å². The maximum atomic E-state index is 10.3. The first-order valence-electron chi connectivity index (χ1n) is 3.52. The molecule has 0 aliphatic rings. The predicted octanol–water partition coefficient (Wildman–Crippen LogP) is 0.363. The number of carboxylic acids is 1. The van der Waals surface area contributed by atoms with Gasteiger partial charge in [0.05, 0.1) is 0 Å². The van der Waals surface area contributed by atoms with Crippen LogP contribution in [0.15, 0.2) is 0 Å². The zero-order valence-corrected chi connectivity index (χ0v) is 6.54. The Morgan fingerprint density at radius 1 is 1.55 bits per heavy atom. The van der Waals surface area contributed by atoms with E-state index < -0.39 is 5.97 Å². The third-order valence-electron chi connectivity index (χ3n) is 1.41. The molecule has 0 heterocycles. The molecule has 0 aromatic heterocycles. The number of hydrogen-bond acceptors (Lipinski definition) is 2. The molecule has 4 nitrogen and oxygen atoms in total. The highest BCUT2D eigenvalue weighted by atomic mass is 16.4. The molecule has 0 aliphatic carbocycles. The lowest BCUT2D eigenvalue weighted by molar-refractivity contribution is -0.138. The van der Waals surface area contributed by atoms with Crippen molar-refractivity contribution in [2.45, 2.75) is 26.2 Å². The first kappa shape index (κ1) is 9.94. The van der Waals surface area contributed by atoms with Crippen LogP contribution in [0.4, 0.5) is 0 Å². The van der Waals surface area contributed by atoms with Gasteiger partial charge in [-0.05, 0) is 12.3 Å². The number of aliphatic carboxylic acids is 1. The smallest absolute Gasteiger partial charge is 0.303 e. The number of primary amides is 1. The number of amides is 1. The fourth-order valence-corrected chi connectivity index (χ4v) is 0.789. The average molecular weight is 159 g/mol. The molecule has 1 amide bonds. The lowest BCUT2D eigenvalue weighted by Gasteiger charge is -2.04. The summed E-state index contributed by atoms with van der Waals surface area (Å²) in [7, 11) is 0. The molecule has 0 rings (SSSR count). The maximum Gasteiger partial charge on any atom is 0.303 e. The fourth-order valence-electron chi connectivity index (χ4n) is 0.789. The minimum atomic E-state index is -0.832. The average Bonchev–Trinajstić information content (AvgIpc) is 1.82. The van der Waals surface area contributed by atoms with Gasteiger partial charge in [0.15, 0.2) is 0 Å². The van der Waals surface area contributed by atoms with Crippen LogP contribution in [0.1, 0.15) is 26.2 Å². The summed E-state index contributed by atoms with van der Waals surface area (Å²) in [5.74, 6) is -1.18.